The molecule has 4 unspecified atom stereocenters. The number of aliphatic hydroxyl groups excluding tert-OH is 1. The summed E-state index contributed by atoms with van der Waals surface area (Å²) in [6.45, 7) is -1.04. The standard InChI is InChI=1S/C17H24N6O10/c18-8(1-7-4-19-6-20-7)14(29)21-9(2-12(25)26)15(30)23-11(5-24)16(31)22-10(17(32)33)3-13(27)28/h4,6,8-11,24H,1-3,5,18H2,(H,19,20)(H,21,29)(H,22,31)(H,23,30)(H,25,26)(H,27,28)(H,32,33). The molecule has 33 heavy (non-hydrogen) atoms. The number of imidazole rings is 1. The molecule has 0 bridgehead atoms. The summed E-state index contributed by atoms with van der Waals surface area (Å²) < 4.78 is 0. The normalized spacial score (nSPS) is 14.2. The fourth-order valence-corrected chi connectivity index (χ4v) is 2.50. The lowest BCUT2D eigenvalue weighted by Gasteiger charge is -2.23. The number of amides is 3. The lowest BCUT2D eigenvalue weighted by Crippen LogP contribution is -2.58. The molecule has 1 aromatic rings. The molecule has 0 spiro atoms. The highest BCUT2D eigenvalue weighted by atomic mass is 16.4. The van der Waals surface area contributed by atoms with Crippen LogP contribution in [0.1, 0.15) is 18.5 Å². The molecule has 1 rings (SSSR count). The fourth-order valence-electron chi connectivity index (χ4n) is 2.50. The number of rotatable bonds is 14. The molecular weight excluding hydrogens is 448 g/mol. The van der Waals surface area contributed by atoms with E-state index in [2.05, 4.69) is 15.3 Å². The number of nitrogens with two attached hydrogens (primary N) is 1. The van der Waals surface area contributed by atoms with Crippen LogP contribution >= 0.6 is 0 Å². The average molecular weight is 472 g/mol. The molecule has 0 aliphatic carbocycles. The van der Waals surface area contributed by atoms with Gasteiger partial charge in [0.2, 0.25) is 17.7 Å². The van der Waals surface area contributed by atoms with E-state index in [9.17, 15) is 33.9 Å². The Morgan fingerprint density at radius 1 is 0.879 bits per heavy atom. The Hall–Kier alpha value is -4.05. The number of hydrogen-bond acceptors (Lipinski definition) is 9. The van der Waals surface area contributed by atoms with Crippen molar-refractivity contribution in [3.05, 3.63) is 18.2 Å². The molecule has 0 saturated carbocycles. The van der Waals surface area contributed by atoms with Gasteiger partial charge in [-0.3, -0.25) is 24.0 Å². The van der Waals surface area contributed by atoms with E-state index < -0.39 is 79.2 Å². The number of H-pyrrole nitrogens is 1. The molecule has 0 fully saturated rings. The van der Waals surface area contributed by atoms with E-state index in [4.69, 9.17) is 21.1 Å². The Morgan fingerprint density at radius 2 is 1.39 bits per heavy atom. The molecule has 16 heteroatoms. The maximum Gasteiger partial charge on any atom is 0.326 e. The van der Waals surface area contributed by atoms with Gasteiger partial charge in [-0.05, 0) is 0 Å². The lowest BCUT2D eigenvalue weighted by molar-refractivity contribution is -0.147. The lowest BCUT2D eigenvalue weighted by atomic mass is 10.1. The number of aromatic nitrogens is 2. The van der Waals surface area contributed by atoms with Crippen LogP contribution in [0.4, 0.5) is 0 Å². The van der Waals surface area contributed by atoms with Crippen LogP contribution in [0, 0.1) is 0 Å². The van der Waals surface area contributed by atoms with Crippen molar-refractivity contribution in [2.24, 2.45) is 5.73 Å². The molecule has 0 aliphatic rings. The summed E-state index contributed by atoms with van der Waals surface area (Å²) >= 11 is 0. The number of carbonyl (C=O) groups excluding carboxylic acids is 3. The first-order chi connectivity index (χ1) is 15.4. The summed E-state index contributed by atoms with van der Waals surface area (Å²) in [4.78, 5) is 76.3. The van der Waals surface area contributed by atoms with E-state index in [-0.39, 0.29) is 6.42 Å². The third kappa shape index (κ3) is 9.32. The highest BCUT2D eigenvalue weighted by Gasteiger charge is 2.31. The maximum absolute atomic E-state index is 12.5. The van der Waals surface area contributed by atoms with Crippen LogP contribution in [0.15, 0.2) is 12.5 Å². The summed E-state index contributed by atoms with van der Waals surface area (Å²) in [6.07, 6.45) is 0.888. The molecule has 0 aromatic carbocycles. The fraction of sp³-hybridized carbons (Fsp3) is 0.471. The predicted molar refractivity (Wildman–Crippen MR) is 105 cm³/mol. The molecule has 10 N–H and O–H groups in total. The van der Waals surface area contributed by atoms with Crippen molar-refractivity contribution in [3.8, 4) is 0 Å². The molecule has 0 radical (unpaired) electrons. The number of carboxylic acid groups (broad SMARTS) is 3. The number of carboxylic acids is 3. The topological polar surface area (TPSA) is 274 Å². The van der Waals surface area contributed by atoms with Gasteiger partial charge in [-0.25, -0.2) is 9.78 Å². The van der Waals surface area contributed by atoms with Crippen molar-refractivity contribution in [1.82, 2.24) is 25.9 Å². The first-order valence-corrected chi connectivity index (χ1v) is 9.35. The van der Waals surface area contributed by atoms with E-state index >= 15 is 0 Å². The Bertz CT molecular complexity index is 874. The Balaban J connectivity index is 2.84. The third-order valence-corrected chi connectivity index (χ3v) is 4.15. The Morgan fingerprint density at radius 3 is 1.88 bits per heavy atom. The number of hydrogen-bond donors (Lipinski definition) is 9. The zero-order valence-corrected chi connectivity index (χ0v) is 17.1. The highest BCUT2D eigenvalue weighted by molar-refractivity contribution is 5.96. The molecule has 182 valence electrons. The second-order valence-corrected chi connectivity index (χ2v) is 6.79. The van der Waals surface area contributed by atoms with Gasteiger partial charge in [-0.1, -0.05) is 0 Å². The number of aliphatic hydroxyl groups is 1. The molecule has 1 aromatic heterocycles. The monoisotopic (exact) mass is 472 g/mol. The van der Waals surface area contributed by atoms with E-state index in [0.717, 1.165) is 0 Å². The third-order valence-electron chi connectivity index (χ3n) is 4.15. The van der Waals surface area contributed by atoms with Crippen molar-refractivity contribution < 1.29 is 49.2 Å². The zero-order chi connectivity index (χ0) is 25.1. The van der Waals surface area contributed by atoms with E-state index in [1.54, 1.807) is 0 Å². The summed E-state index contributed by atoms with van der Waals surface area (Å²) in [5.74, 6) is -7.98. The number of aliphatic carboxylic acids is 3. The van der Waals surface area contributed by atoms with Gasteiger partial charge in [-0.15, -0.1) is 0 Å². The molecule has 3 amide bonds. The van der Waals surface area contributed by atoms with Crippen molar-refractivity contribution in [3.63, 3.8) is 0 Å². The minimum atomic E-state index is -1.85. The highest BCUT2D eigenvalue weighted by Crippen LogP contribution is 2.01. The van der Waals surface area contributed by atoms with Gasteiger partial charge in [0, 0.05) is 18.3 Å². The van der Waals surface area contributed by atoms with Gasteiger partial charge in [-0.2, -0.15) is 0 Å². The summed E-state index contributed by atoms with van der Waals surface area (Å²) in [6, 6.07) is -6.49. The van der Waals surface area contributed by atoms with Gasteiger partial charge in [0.15, 0.2) is 0 Å². The minimum Gasteiger partial charge on any atom is -0.481 e. The molecule has 16 nitrogen and oxygen atoms in total. The van der Waals surface area contributed by atoms with Crippen LogP contribution in [0.25, 0.3) is 0 Å². The van der Waals surface area contributed by atoms with Crippen molar-refractivity contribution >= 4 is 35.6 Å². The number of nitrogens with one attached hydrogen (secondary N) is 4. The van der Waals surface area contributed by atoms with Crippen LogP contribution in [-0.2, 0) is 35.2 Å². The van der Waals surface area contributed by atoms with Crippen LogP contribution in [0.2, 0.25) is 0 Å². The largest absolute Gasteiger partial charge is 0.481 e. The maximum atomic E-state index is 12.5. The van der Waals surface area contributed by atoms with Crippen LogP contribution in [-0.4, -0.2) is 96.8 Å². The minimum absolute atomic E-state index is 0.00489. The van der Waals surface area contributed by atoms with Gasteiger partial charge in [0.1, 0.15) is 18.1 Å². The molecular formula is C17H24N6O10. The van der Waals surface area contributed by atoms with Gasteiger partial charge >= 0.3 is 17.9 Å². The van der Waals surface area contributed by atoms with E-state index in [0.29, 0.717) is 5.69 Å². The first kappa shape index (κ1) is 27.0. The summed E-state index contributed by atoms with van der Waals surface area (Å²) in [5, 5.41) is 42.1. The molecule has 0 saturated heterocycles. The van der Waals surface area contributed by atoms with Crippen molar-refractivity contribution in [2.75, 3.05) is 6.61 Å². The molecule has 4 atom stereocenters. The quantitative estimate of drug-likeness (QED) is 0.124. The Kier molecular flexibility index (Phi) is 10.4. The zero-order valence-electron chi connectivity index (χ0n) is 17.1. The van der Waals surface area contributed by atoms with Crippen molar-refractivity contribution in [1.29, 1.82) is 0 Å². The average Bonchev–Trinajstić information content (AvgIpc) is 3.22. The van der Waals surface area contributed by atoms with Crippen LogP contribution in [0.5, 0.6) is 0 Å². The summed E-state index contributed by atoms with van der Waals surface area (Å²) in [7, 11) is 0. The predicted octanol–water partition coefficient (Wildman–Crippen LogP) is -4.24. The molecule has 1 heterocycles. The SMILES string of the molecule is NC(Cc1cnc[nH]1)C(=O)NC(CC(=O)O)C(=O)NC(CO)C(=O)NC(CC(=O)O)C(=O)O. The number of carbonyl (C=O) groups is 6. The second kappa shape index (κ2) is 12.7. The van der Waals surface area contributed by atoms with Gasteiger partial charge < -0.3 is 47.1 Å². The van der Waals surface area contributed by atoms with Gasteiger partial charge in [0.25, 0.3) is 0 Å². The first-order valence-electron chi connectivity index (χ1n) is 9.35. The van der Waals surface area contributed by atoms with Crippen molar-refractivity contribution in [2.45, 2.75) is 43.4 Å². The van der Waals surface area contributed by atoms with E-state index in [1.165, 1.54) is 12.5 Å². The van der Waals surface area contributed by atoms with Crippen LogP contribution in [0.3, 0.4) is 0 Å². The Labute approximate surface area is 185 Å². The molecule has 0 aliphatic heterocycles. The number of nitrogens with zero attached hydrogens (tertiary/aromatic N) is 1. The summed E-state index contributed by atoms with van der Waals surface area (Å²) in [5.41, 5.74) is 6.24. The second-order valence-electron chi connectivity index (χ2n) is 6.79. The van der Waals surface area contributed by atoms with Crippen LogP contribution < -0.4 is 21.7 Å². The smallest absolute Gasteiger partial charge is 0.326 e. The number of aromatic amines is 1. The van der Waals surface area contributed by atoms with Gasteiger partial charge in [0.05, 0.1) is 31.8 Å². The van der Waals surface area contributed by atoms with E-state index in [1.807, 2.05) is 10.6 Å².